The maximum Gasteiger partial charge on any atom is 0.335 e. The maximum atomic E-state index is 13.3. The molecule has 1 heterocycles. The van der Waals surface area contributed by atoms with Gasteiger partial charge in [-0.3, -0.25) is 4.79 Å². The van der Waals surface area contributed by atoms with Gasteiger partial charge in [-0.1, -0.05) is 42.5 Å². The molecule has 1 amide bonds. The maximum absolute atomic E-state index is 13.3. The van der Waals surface area contributed by atoms with Crippen LogP contribution in [-0.2, 0) is 27.4 Å². The number of amides is 1. The van der Waals surface area contributed by atoms with E-state index in [1.54, 1.807) is 36.2 Å². The third-order valence-corrected chi connectivity index (χ3v) is 5.02. The predicted molar refractivity (Wildman–Crippen MR) is 104 cm³/mol. The van der Waals surface area contributed by atoms with E-state index in [0.717, 1.165) is 11.1 Å². The molecule has 0 saturated carbocycles. The van der Waals surface area contributed by atoms with Crippen LogP contribution in [0.2, 0.25) is 0 Å². The van der Waals surface area contributed by atoms with Crippen LogP contribution in [0.25, 0.3) is 0 Å². The highest BCUT2D eigenvalue weighted by Crippen LogP contribution is 2.29. The summed E-state index contributed by atoms with van der Waals surface area (Å²) in [5.74, 6) is -1.04. The zero-order chi connectivity index (χ0) is 20.0. The van der Waals surface area contributed by atoms with Crippen molar-refractivity contribution in [1.29, 1.82) is 0 Å². The molecule has 3 rings (SSSR count). The highest BCUT2D eigenvalue weighted by atomic mass is 16.5. The first-order valence-corrected chi connectivity index (χ1v) is 9.34. The number of aromatic carboxylic acids is 1. The standard InChI is InChI=1S/C22H25NO5/c1-23(15-17-7-9-19(10-8-17)20(24)25)21(26)22(11-13-27-14-12-22)28-16-18-5-3-2-4-6-18/h2-10H,11-16H2,1H3,(H,24,25). The summed E-state index contributed by atoms with van der Waals surface area (Å²) in [7, 11) is 1.75. The molecule has 0 unspecified atom stereocenters. The van der Waals surface area contributed by atoms with Gasteiger partial charge >= 0.3 is 5.97 Å². The lowest BCUT2D eigenvalue weighted by Gasteiger charge is -2.38. The zero-order valence-corrected chi connectivity index (χ0v) is 16.0. The molecule has 2 aromatic rings. The Morgan fingerprint density at radius 1 is 1.04 bits per heavy atom. The molecular formula is C22H25NO5. The molecule has 1 aliphatic heterocycles. The molecule has 28 heavy (non-hydrogen) atoms. The first-order valence-electron chi connectivity index (χ1n) is 9.34. The van der Waals surface area contributed by atoms with Crippen molar-refractivity contribution in [2.75, 3.05) is 20.3 Å². The van der Waals surface area contributed by atoms with Gasteiger partial charge in [0.1, 0.15) is 0 Å². The van der Waals surface area contributed by atoms with Gasteiger partial charge in [-0.15, -0.1) is 0 Å². The summed E-state index contributed by atoms with van der Waals surface area (Å²) < 4.78 is 11.6. The topological polar surface area (TPSA) is 76.1 Å². The smallest absolute Gasteiger partial charge is 0.335 e. The molecule has 1 aliphatic rings. The van der Waals surface area contributed by atoms with Crippen LogP contribution in [0.1, 0.15) is 34.3 Å². The van der Waals surface area contributed by atoms with Gasteiger partial charge in [0.2, 0.25) is 0 Å². The van der Waals surface area contributed by atoms with E-state index in [4.69, 9.17) is 14.6 Å². The lowest BCUT2D eigenvalue weighted by molar-refractivity contribution is -0.173. The fourth-order valence-electron chi connectivity index (χ4n) is 3.36. The third kappa shape index (κ3) is 4.77. The molecule has 0 radical (unpaired) electrons. The number of likely N-dealkylation sites (N-methyl/N-ethyl adjacent to an activating group) is 1. The number of carboxylic acids is 1. The lowest BCUT2D eigenvalue weighted by atomic mass is 9.92. The van der Waals surface area contributed by atoms with E-state index in [-0.39, 0.29) is 11.5 Å². The van der Waals surface area contributed by atoms with E-state index in [1.807, 2.05) is 30.3 Å². The van der Waals surface area contributed by atoms with E-state index in [1.165, 1.54) is 0 Å². The van der Waals surface area contributed by atoms with E-state index >= 15 is 0 Å². The Morgan fingerprint density at radius 3 is 2.29 bits per heavy atom. The SMILES string of the molecule is CN(Cc1ccc(C(=O)O)cc1)C(=O)C1(OCc2ccccc2)CCOCC1. The van der Waals surface area contributed by atoms with Crippen molar-refractivity contribution in [3.8, 4) is 0 Å². The first-order chi connectivity index (χ1) is 13.5. The fraction of sp³-hybridized carbons (Fsp3) is 0.364. The number of benzene rings is 2. The van der Waals surface area contributed by atoms with Crippen molar-refractivity contribution in [3.05, 3.63) is 71.3 Å². The summed E-state index contributed by atoms with van der Waals surface area (Å²) >= 11 is 0. The van der Waals surface area contributed by atoms with Crippen LogP contribution in [0, 0.1) is 0 Å². The molecule has 1 N–H and O–H groups in total. The third-order valence-electron chi connectivity index (χ3n) is 5.02. The number of nitrogens with zero attached hydrogens (tertiary/aromatic N) is 1. The summed E-state index contributed by atoms with van der Waals surface area (Å²) in [6.45, 7) is 1.73. The van der Waals surface area contributed by atoms with Gasteiger partial charge in [0.15, 0.2) is 5.60 Å². The van der Waals surface area contributed by atoms with Crippen LogP contribution < -0.4 is 0 Å². The largest absolute Gasteiger partial charge is 0.478 e. The minimum Gasteiger partial charge on any atom is -0.478 e. The number of hydrogen-bond donors (Lipinski definition) is 1. The van der Waals surface area contributed by atoms with Gasteiger partial charge in [0.05, 0.1) is 12.2 Å². The quantitative estimate of drug-likeness (QED) is 0.795. The Hall–Kier alpha value is -2.70. The molecule has 148 valence electrons. The van der Waals surface area contributed by atoms with Crippen LogP contribution in [0.5, 0.6) is 0 Å². The zero-order valence-electron chi connectivity index (χ0n) is 16.0. The van der Waals surface area contributed by atoms with Crippen LogP contribution in [0.4, 0.5) is 0 Å². The van der Waals surface area contributed by atoms with E-state index in [0.29, 0.717) is 39.2 Å². The highest BCUT2D eigenvalue weighted by Gasteiger charge is 2.43. The summed E-state index contributed by atoms with van der Waals surface area (Å²) in [5.41, 5.74) is 1.22. The first kappa shape index (κ1) is 20.0. The number of ether oxygens (including phenoxy) is 2. The Balaban J connectivity index is 1.70. The van der Waals surface area contributed by atoms with Crippen molar-refractivity contribution < 1.29 is 24.2 Å². The van der Waals surface area contributed by atoms with E-state index in [9.17, 15) is 9.59 Å². The van der Waals surface area contributed by atoms with Gasteiger partial charge < -0.3 is 19.5 Å². The fourth-order valence-corrected chi connectivity index (χ4v) is 3.36. The van der Waals surface area contributed by atoms with Crippen molar-refractivity contribution in [2.45, 2.75) is 31.6 Å². The molecule has 0 atom stereocenters. The van der Waals surface area contributed by atoms with Crippen molar-refractivity contribution in [2.24, 2.45) is 0 Å². The van der Waals surface area contributed by atoms with Crippen molar-refractivity contribution >= 4 is 11.9 Å². The molecule has 0 bridgehead atoms. The van der Waals surface area contributed by atoms with Crippen molar-refractivity contribution in [1.82, 2.24) is 4.90 Å². The number of rotatable bonds is 7. The number of carbonyl (C=O) groups excluding carboxylic acids is 1. The van der Waals surface area contributed by atoms with Crippen LogP contribution in [-0.4, -0.2) is 47.7 Å². The van der Waals surface area contributed by atoms with Gasteiger partial charge in [-0.05, 0) is 23.3 Å². The molecule has 1 fully saturated rings. The van der Waals surface area contributed by atoms with Crippen LogP contribution in [0.15, 0.2) is 54.6 Å². The summed E-state index contributed by atoms with van der Waals surface area (Å²) in [6.07, 6.45) is 1.03. The second-order valence-corrected chi connectivity index (χ2v) is 7.04. The molecule has 1 saturated heterocycles. The second kappa shape index (κ2) is 8.99. The van der Waals surface area contributed by atoms with Gasteiger partial charge in [0, 0.05) is 39.6 Å². The number of carboxylic acid groups (broad SMARTS) is 1. The molecule has 6 nitrogen and oxygen atoms in total. The molecule has 2 aromatic carbocycles. The summed E-state index contributed by atoms with van der Waals surface area (Å²) in [6, 6.07) is 16.4. The van der Waals surface area contributed by atoms with E-state index < -0.39 is 11.6 Å². The average molecular weight is 383 g/mol. The highest BCUT2D eigenvalue weighted by molar-refractivity contribution is 5.87. The monoisotopic (exact) mass is 383 g/mol. The number of hydrogen-bond acceptors (Lipinski definition) is 4. The molecule has 0 aromatic heterocycles. The number of carbonyl (C=O) groups is 2. The molecular weight excluding hydrogens is 358 g/mol. The molecule has 0 spiro atoms. The summed E-state index contributed by atoms with van der Waals surface area (Å²) in [4.78, 5) is 25.9. The van der Waals surface area contributed by atoms with Crippen molar-refractivity contribution in [3.63, 3.8) is 0 Å². The van der Waals surface area contributed by atoms with Gasteiger partial charge in [-0.25, -0.2) is 4.79 Å². The minimum atomic E-state index is -0.966. The molecule has 0 aliphatic carbocycles. The molecule has 6 heteroatoms. The van der Waals surface area contributed by atoms with Gasteiger partial charge in [0.25, 0.3) is 5.91 Å². The second-order valence-electron chi connectivity index (χ2n) is 7.04. The lowest BCUT2D eigenvalue weighted by Crippen LogP contribution is -2.52. The average Bonchev–Trinajstić information content (AvgIpc) is 2.73. The minimum absolute atomic E-state index is 0.0750. The summed E-state index contributed by atoms with van der Waals surface area (Å²) in [5, 5.41) is 9.01. The Kier molecular flexibility index (Phi) is 6.44. The Morgan fingerprint density at radius 2 is 1.68 bits per heavy atom. The Bertz CT molecular complexity index is 797. The van der Waals surface area contributed by atoms with E-state index in [2.05, 4.69) is 0 Å². The predicted octanol–water partition coefficient (Wildman–Crippen LogP) is 3.11. The Labute approximate surface area is 164 Å². The van der Waals surface area contributed by atoms with Gasteiger partial charge in [-0.2, -0.15) is 0 Å². The van der Waals surface area contributed by atoms with Crippen LogP contribution >= 0.6 is 0 Å². The van der Waals surface area contributed by atoms with Crippen LogP contribution in [0.3, 0.4) is 0 Å². The normalized spacial score (nSPS) is 15.8.